The maximum atomic E-state index is 12.3. The van der Waals surface area contributed by atoms with E-state index in [2.05, 4.69) is 10.3 Å². The van der Waals surface area contributed by atoms with Gasteiger partial charge in [-0.3, -0.25) is 9.59 Å². The molecule has 0 atom stereocenters. The summed E-state index contributed by atoms with van der Waals surface area (Å²) in [6.07, 6.45) is 10.6. The normalized spacial score (nSPS) is 14.5. The van der Waals surface area contributed by atoms with E-state index in [0.29, 0.717) is 17.2 Å². The predicted octanol–water partition coefficient (Wildman–Crippen LogP) is 4.60. The van der Waals surface area contributed by atoms with E-state index in [1.807, 2.05) is 51.3 Å². The van der Waals surface area contributed by atoms with Gasteiger partial charge in [0, 0.05) is 34.1 Å². The lowest BCUT2D eigenvalue weighted by atomic mass is 9.97. The van der Waals surface area contributed by atoms with Crippen molar-refractivity contribution in [2.45, 2.75) is 72.4 Å². The average Bonchev–Trinajstić information content (AvgIpc) is 3.03. The number of pyridine rings is 1. The standard InChI is InChI=1S/C17H20N2O2S.C6H13N/c1-5-6-15-12(4)14(9-22-15)16(20)18-8-13-10(2)7-11(3)19-17(13)21;7-6-4-2-1-3-5-6/h5-7,9H,8H2,1-4H3,(H,18,20)(H,19,21);6H,1-5,7H2/b6-5+;. The van der Waals surface area contributed by atoms with E-state index in [-0.39, 0.29) is 18.0 Å². The summed E-state index contributed by atoms with van der Waals surface area (Å²) in [5.74, 6) is -0.149. The van der Waals surface area contributed by atoms with Crippen LogP contribution >= 0.6 is 11.3 Å². The first-order chi connectivity index (χ1) is 13.8. The van der Waals surface area contributed by atoms with E-state index in [0.717, 1.165) is 21.7 Å². The molecule has 6 heteroatoms. The van der Waals surface area contributed by atoms with Crippen molar-refractivity contribution < 1.29 is 4.79 Å². The number of hydrogen-bond donors (Lipinski definition) is 3. The molecule has 1 aliphatic rings. The molecular formula is C23H33N3O2S. The fourth-order valence-electron chi connectivity index (χ4n) is 3.47. The Kier molecular flexibility index (Phi) is 8.86. The minimum Gasteiger partial charge on any atom is -0.348 e. The molecular weight excluding hydrogens is 382 g/mol. The number of aryl methyl sites for hydroxylation is 2. The molecule has 0 unspecified atom stereocenters. The molecule has 0 aromatic carbocycles. The maximum Gasteiger partial charge on any atom is 0.253 e. The zero-order chi connectivity index (χ0) is 21.4. The lowest BCUT2D eigenvalue weighted by molar-refractivity contribution is 0.0950. The number of allylic oxidation sites excluding steroid dienone is 1. The third-order valence-corrected chi connectivity index (χ3v) is 6.26. The van der Waals surface area contributed by atoms with Crippen LogP contribution in [0.3, 0.4) is 0 Å². The van der Waals surface area contributed by atoms with Gasteiger partial charge in [-0.05, 0) is 63.8 Å². The molecule has 5 nitrogen and oxygen atoms in total. The van der Waals surface area contributed by atoms with E-state index in [4.69, 9.17) is 5.73 Å². The zero-order valence-electron chi connectivity index (χ0n) is 17.9. The minimum absolute atomic E-state index is 0.144. The van der Waals surface area contributed by atoms with Crippen LogP contribution in [-0.2, 0) is 6.54 Å². The summed E-state index contributed by atoms with van der Waals surface area (Å²) < 4.78 is 0. The van der Waals surface area contributed by atoms with Gasteiger partial charge in [0.05, 0.1) is 5.56 Å². The van der Waals surface area contributed by atoms with Gasteiger partial charge < -0.3 is 16.0 Å². The summed E-state index contributed by atoms with van der Waals surface area (Å²) in [7, 11) is 0. The number of nitrogens with one attached hydrogen (secondary N) is 2. The maximum absolute atomic E-state index is 12.3. The van der Waals surface area contributed by atoms with Crippen molar-refractivity contribution in [3.63, 3.8) is 0 Å². The fraction of sp³-hybridized carbons (Fsp3) is 0.478. The first-order valence-corrected chi connectivity index (χ1v) is 11.2. The highest BCUT2D eigenvalue weighted by molar-refractivity contribution is 7.11. The van der Waals surface area contributed by atoms with Crippen molar-refractivity contribution in [1.29, 1.82) is 0 Å². The Morgan fingerprint density at radius 2 is 1.97 bits per heavy atom. The smallest absolute Gasteiger partial charge is 0.253 e. The summed E-state index contributed by atoms with van der Waals surface area (Å²) in [5, 5.41) is 4.69. The second kappa shape index (κ2) is 11.1. The number of aromatic nitrogens is 1. The molecule has 158 valence electrons. The fourth-order valence-corrected chi connectivity index (χ4v) is 4.50. The van der Waals surface area contributed by atoms with Crippen LogP contribution < -0.4 is 16.6 Å². The number of H-pyrrole nitrogens is 1. The van der Waals surface area contributed by atoms with Crippen molar-refractivity contribution in [3.8, 4) is 0 Å². The van der Waals surface area contributed by atoms with Crippen LogP contribution in [0.4, 0.5) is 0 Å². The van der Waals surface area contributed by atoms with Gasteiger partial charge in [-0.2, -0.15) is 0 Å². The number of carbonyl (C=O) groups excluding carboxylic acids is 1. The van der Waals surface area contributed by atoms with Gasteiger partial charge >= 0.3 is 0 Å². The summed E-state index contributed by atoms with van der Waals surface area (Å²) in [6.45, 7) is 7.84. The molecule has 29 heavy (non-hydrogen) atoms. The molecule has 1 fully saturated rings. The Balaban J connectivity index is 0.000000360. The summed E-state index contributed by atoms with van der Waals surface area (Å²) in [4.78, 5) is 28.1. The molecule has 2 heterocycles. The van der Waals surface area contributed by atoms with Crippen molar-refractivity contribution in [3.05, 3.63) is 60.7 Å². The lowest BCUT2D eigenvalue weighted by Crippen LogP contribution is -2.28. The molecule has 3 rings (SSSR count). The molecule has 1 aliphatic carbocycles. The predicted molar refractivity (Wildman–Crippen MR) is 123 cm³/mol. The number of hydrogen-bond acceptors (Lipinski definition) is 4. The summed E-state index contributed by atoms with van der Waals surface area (Å²) >= 11 is 1.54. The number of rotatable bonds is 4. The number of thiophene rings is 1. The monoisotopic (exact) mass is 415 g/mol. The van der Waals surface area contributed by atoms with Crippen LogP contribution in [0, 0.1) is 20.8 Å². The second-order valence-corrected chi connectivity index (χ2v) is 8.57. The molecule has 4 N–H and O–H groups in total. The Labute approximate surface area is 177 Å². The van der Waals surface area contributed by atoms with Crippen LogP contribution in [0.5, 0.6) is 0 Å². The number of aromatic amines is 1. The summed E-state index contributed by atoms with van der Waals surface area (Å²) in [6, 6.07) is 2.44. The highest BCUT2D eigenvalue weighted by Crippen LogP contribution is 2.23. The van der Waals surface area contributed by atoms with Gasteiger partial charge in [0.15, 0.2) is 0 Å². The Bertz CT molecular complexity index is 905. The largest absolute Gasteiger partial charge is 0.348 e. The van der Waals surface area contributed by atoms with E-state index in [9.17, 15) is 9.59 Å². The second-order valence-electron chi connectivity index (χ2n) is 7.66. The molecule has 0 radical (unpaired) electrons. The van der Waals surface area contributed by atoms with Crippen LogP contribution in [0.15, 0.2) is 22.3 Å². The Morgan fingerprint density at radius 1 is 1.28 bits per heavy atom. The van der Waals surface area contributed by atoms with Gasteiger partial charge in [0.2, 0.25) is 0 Å². The molecule has 2 aromatic rings. The Hall–Kier alpha value is -2.18. The van der Waals surface area contributed by atoms with E-state index in [1.165, 1.54) is 32.1 Å². The highest BCUT2D eigenvalue weighted by Gasteiger charge is 2.14. The van der Waals surface area contributed by atoms with Crippen molar-refractivity contribution in [2.75, 3.05) is 0 Å². The topological polar surface area (TPSA) is 88.0 Å². The first-order valence-electron chi connectivity index (χ1n) is 10.3. The highest BCUT2D eigenvalue weighted by atomic mass is 32.1. The SMILES string of the molecule is C/C=C/c1scc(C(=O)NCc2c(C)cc(C)[nH]c2=O)c1C.NC1CCCCC1. The number of amides is 1. The zero-order valence-corrected chi connectivity index (χ0v) is 18.7. The summed E-state index contributed by atoms with van der Waals surface area (Å²) in [5.41, 5.74) is 9.43. The number of carbonyl (C=O) groups is 1. The van der Waals surface area contributed by atoms with Crippen LogP contribution in [-0.4, -0.2) is 16.9 Å². The molecule has 0 aliphatic heterocycles. The lowest BCUT2D eigenvalue weighted by Gasteiger charge is -2.15. The van der Waals surface area contributed by atoms with Crippen LogP contribution in [0.1, 0.15) is 76.6 Å². The van der Waals surface area contributed by atoms with Crippen LogP contribution in [0.2, 0.25) is 0 Å². The van der Waals surface area contributed by atoms with E-state index in [1.54, 1.807) is 11.3 Å². The molecule has 0 saturated heterocycles. The van der Waals surface area contributed by atoms with Crippen molar-refractivity contribution >= 4 is 23.3 Å². The molecule has 0 bridgehead atoms. The average molecular weight is 416 g/mol. The third-order valence-electron chi connectivity index (χ3n) is 5.21. The molecule has 1 saturated carbocycles. The van der Waals surface area contributed by atoms with Gasteiger partial charge in [-0.15, -0.1) is 11.3 Å². The molecule has 0 spiro atoms. The number of nitrogens with two attached hydrogens (primary N) is 1. The Morgan fingerprint density at radius 3 is 2.52 bits per heavy atom. The van der Waals surface area contributed by atoms with Gasteiger partial charge in [0.25, 0.3) is 11.5 Å². The minimum atomic E-state index is -0.149. The van der Waals surface area contributed by atoms with E-state index < -0.39 is 0 Å². The van der Waals surface area contributed by atoms with Crippen molar-refractivity contribution in [1.82, 2.24) is 10.3 Å². The molecule has 2 aromatic heterocycles. The van der Waals surface area contributed by atoms with Gasteiger partial charge in [-0.25, -0.2) is 0 Å². The molecule has 1 amide bonds. The first kappa shape index (κ1) is 23.1. The third kappa shape index (κ3) is 6.68. The quantitative estimate of drug-likeness (QED) is 0.682. The van der Waals surface area contributed by atoms with Crippen molar-refractivity contribution in [2.24, 2.45) is 5.73 Å². The van der Waals surface area contributed by atoms with E-state index >= 15 is 0 Å². The van der Waals surface area contributed by atoms with Gasteiger partial charge in [-0.1, -0.05) is 25.3 Å². The van der Waals surface area contributed by atoms with Gasteiger partial charge in [0.1, 0.15) is 0 Å². The van der Waals surface area contributed by atoms with Crippen LogP contribution in [0.25, 0.3) is 6.08 Å².